The van der Waals surface area contributed by atoms with Gasteiger partial charge in [-0.2, -0.15) is 0 Å². The van der Waals surface area contributed by atoms with E-state index in [4.69, 9.17) is 5.73 Å². The van der Waals surface area contributed by atoms with Crippen LogP contribution in [0, 0.1) is 6.92 Å². The van der Waals surface area contributed by atoms with E-state index in [-0.39, 0.29) is 11.9 Å². The first-order valence-corrected chi connectivity index (χ1v) is 6.61. The molecule has 3 heteroatoms. The third-order valence-electron chi connectivity index (χ3n) is 3.23. The van der Waals surface area contributed by atoms with E-state index in [0.29, 0.717) is 6.54 Å². The summed E-state index contributed by atoms with van der Waals surface area (Å²) < 4.78 is 0. The van der Waals surface area contributed by atoms with Gasteiger partial charge in [0.1, 0.15) is 0 Å². The number of likely N-dealkylation sites (N-methyl/N-ethyl adjacent to an activating group) is 1. The average Bonchev–Trinajstić information content (AvgIpc) is 2.37. The molecule has 0 aliphatic rings. The predicted octanol–water partition coefficient (Wildman–Crippen LogP) is 2.47. The molecule has 0 bridgehead atoms. The summed E-state index contributed by atoms with van der Waals surface area (Å²) in [5.74, 6) is 0.0340. The summed E-state index contributed by atoms with van der Waals surface area (Å²) in [5, 5.41) is 0. The second kappa shape index (κ2) is 7.17. The highest BCUT2D eigenvalue weighted by Crippen LogP contribution is 2.11. The number of unbranched alkanes of at least 4 members (excludes halogenated alkanes) is 1. The fourth-order valence-corrected chi connectivity index (χ4v) is 1.95. The van der Waals surface area contributed by atoms with E-state index in [0.717, 1.165) is 19.3 Å². The highest BCUT2D eigenvalue weighted by atomic mass is 16.2. The quantitative estimate of drug-likeness (QED) is 0.840. The molecule has 0 aliphatic carbocycles. The Kier molecular flexibility index (Phi) is 5.86. The number of nitrogens with zero attached hydrogens (tertiary/aromatic N) is 1. The summed E-state index contributed by atoms with van der Waals surface area (Å²) in [4.78, 5) is 13.8. The van der Waals surface area contributed by atoms with Gasteiger partial charge in [-0.25, -0.2) is 0 Å². The summed E-state index contributed by atoms with van der Waals surface area (Å²) in [5.41, 5.74) is 8.29. The molecule has 1 aromatic carbocycles. The van der Waals surface area contributed by atoms with Crippen LogP contribution >= 0.6 is 0 Å². The number of amides is 1. The van der Waals surface area contributed by atoms with Gasteiger partial charge in [0.15, 0.2) is 0 Å². The molecule has 0 fully saturated rings. The van der Waals surface area contributed by atoms with Gasteiger partial charge in [0.2, 0.25) is 5.91 Å². The standard InChI is InChI=1S/C15H24N2O/c1-4-5-10-14(16)15(18)17(3)11-13-9-7-6-8-12(13)2/h6-9,14H,4-5,10-11,16H2,1-3H3. The van der Waals surface area contributed by atoms with Crippen LogP contribution in [0.3, 0.4) is 0 Å². The smallest absolute Gasteiger partial charge is 0.239 e. The lowest BCUT2D eigenvalue weighted by atomic mass is 10.1. The molecule has 1 rings (SSSR count). The van der Waals surface area contributed by atoms with Crippen molar-refractivity contribution in [3.8, 4) is 0 Å². The fourth-order valence-electron chi connectivity index (χ4n) is 1.95. The van der Waals surface area contributed by atoms with Crippen molar-refractivity contribution in [2.24, 2.45) is 5.73 Å². The highest BCUT2D eigenvalue weighted by molar-refractivity contribution is 5.81. The van der Waals surface area contributed by atoms with Crippen LogP contribution in [0.1, 0.15) is 37.3 Å². The fraction of sp³-hybridized carbons (Fsp3) is 0.533. The van der Waals surface area contributed by atoms with E-state index >= 15 is 0 Å². The number of benzene rings is 1. The molecule has 0 aromatic heterocycles. The van der Waals surface area contributed by atoms with Gasteiger partial charge in [-0.15, -0.1) is 0 Å². The highest BCUT2D eigenvalue weighted by Gasteiger charge is 2.17. The van der Waals surface area contributed by atoms with Crippen molar-refractivity contribution < 1.29 is 4.79 Å². The molecule has 1 aromatic rings. The van der Waals surface area contributed by atoms with Crippen molar-refractivity contribution in [3.05, 3.63) is 35.4 Å². The van der Waals surface area contributed by atoms with E-state index in [9.17, 15) is 4.79 Å². The Hall–Kier alpha value is -1.35. The molecule has 0 saturated heterocycles. The van der Waals surface area contributed by atoms with E-state index < -0.39 is 0 Å². The number of hydrogen-bond donors (Lipinski definition) is 1. The van der Waals surface area contributed by atoms with Crippen molar-refractivity contribution in [2.75, 3.05) is 7.05 Å². The molecule has 0 saturated carbocycles. The van der Waals surface area contributed by atoms with Crippen LogP contribution in [0.2, 0.25) is 0 Å². The van der Waals surface area contributed by atoms with Gasteiger partial charge >= 0.3 is 0 Å². The number of rotatable bonds is 6. The van der Waals surface area contributed by atoms with Crippen LogP contribution < -0.4 is 5.73 Å². The number of carbonyl (C=O) groups is 1. The van der Waals surface area contributed by atoms with Gasteiger partial charge in [-0.3, -0.25) is 4.79 Å². The molecule has 0 radical (unpaired) electrons. The lowest BCUT2D eigenvalue weighted by molar-refractivity contribution is -0.132. The normalized spacial score (nSPS) is 12.2. The van der Waals surface area contributed by atoms with Crippen LogP contribution in [0.15, 0.2) is 24.3 Å². The summed E-state index contributed by atoms with van der Waals surface area (Å²) in [6.45, 7) is 4.80. The van der Waals surface area contributed by atoms with Crippen molar-refractivity contribution in [1.82, 2.24) is 4.90 Å². The van der Waals surface area contributed by atoms with E-state index in [1.54, 1.807) is 4.90 Å². The van der Waals surface area contributed by atoms with Gasteiger partial charge < -0.3 is 10.6 Å². The minimum Gasteiger partial charge on any atom is -0.340 e. The minimum absolute atomic E-state index is 0.0340. The second-order valence-corrected chi connectivity index (χ2v) is 4.87. The topological polar surface area (TPSA) is 46.3 Å². The molecule has 3 nitrogen and oxygen atoms in total. The van der Waals surface area contributed by atoms with Crippen molar-refractivity contribution in [3.63, 3.8) is 0 Å². The molecule has 1 unspecified atom stereocenters. The monoisotopic (exact) mass is 248 g/mol. The zero-order chi connectivity index (χ0) is 13.5. The minimum atomic E-state index is -0.362. The van der Waals surface area contributed by atoms with Gasteiger partial charge in [-0.05, 0) is 24.5 Å². The lowest BCUT2D eigenvalue weighted by Gasteiger charge is -2.22. The van der Waals surface area contributed by atoms with E-state index in [1.165, 1.54) is 11.1 Å². The molecular weight excluding hydrogens is 224 g/mol. The van der Waals surface area contributed by atoms with Crippen LogP contribution in [0.25, 0.3) is 0 Å². The zero-order valence-corrected chi connectivity index (χ0v) is 11.6. The van der Waals surface area contributed by atoms with E-state index in [2.05, 4.69) is 26.0 Å². The molecule has 18 heavy (non-hydrogen) atoms. The van der Waals surface area contributed by atoms with Gasteiger partial charge in [-0.1, -0.05) is 44.0 Å². The lowest BCUT2D eigenvalue weighted by Crippen LogP contribution is -2.41. The summed E-state index contributed by atoms with van der Waals surface area (Å²) in [6.07, 6.45) is 2.85. The Labute approximate surface area is 110 Å². The molecular formula is C15H24N2O. The van der Waals surface area contributed by atoms with Gasteiger partial charge in [0, 0.05) is 13.6 Å². The molecule has 1 atom stereocenters. The van der Waals surface area contributed by atoms with Gasteiger partial charge in [0.25, 0.3) is 0 Å². The van der Waals surface area contributed by atoms with Crippen molar-refractivity contribution >= 4 is 5.91 Å². The predicted molar refractivity (Wildman–Crippen MR) is 75.2 cm³/mol. The van der Waals surface area contributed by atoms with Crippen LogP contribution in [0.5, 0.6) is 0 Å². The maximum Gasteiger partial charge on any atom is 0.239 e. The van der Waals surface area contributed by atoms with Crippen LogP contribution in [-0.2, 0) is 11.3 Å². The number of carbonyl (C=O) groups excluding carboxylic acids is 1. The summed E-state index contributed by atoms with van der Waals surface area (Å²) in [6, 6.07) is 7.76. The van der Waals surface area contributed by atoms with Crippen LogP contribution in [0.4, 0.5) is 0 Å². The van der Waals surface area contributed by atoms with Crippen LogP contribution in [-0.4, -0.2) is 23.9 Å². The summed E-state index contributed by atoms with van der Waals surface area (Å²) in [7, 11) is 1.82. The third-order valence-corrected chi connectivity index (χ3v) is 3.23. The first-order valence-electron chi connectivity index (χ1n) is 6.61. The number of nitrogens with two attached hydrogens (primary N) is 1. The first-order chi connectivity index (χ1) is 8.56. The molecule has 0 aliphatic heterocycles. The number of hydrogen-bond acceptors (Lipinski definition) is 2. The molecule has 0 heterocycles. The Bertz CT molecular complexity index is 390. The first kappa shape index (κ1) is 14.7. The Morgan fingerprint density at radius 2 is 2.06 bits per heavy atom. The van der Waals surface area contributed by atoms with Crippen molar-refractivity contribution in [1.29, 1.82) is 0 Å². The third kappa shape index (κ3) is 4.15. The molecule has 1 amide bonds. The van der Waals surface area contributed by atoms with E-state index in [1.807, 2.05) is 19.2 Å². The van der Waals surface area contributed by atoms with Gasteiger partial charge in [0.05, 0.1) is 6.04 Å². The molecule has 100 valence electrons. The number of aryl methyl sites for hydroxylation is 1. The zero-order valence-electron chi connectivity index (χ0n) is 11.6. The maximum absolute atomic E-state index is 12.1. The average molecular weight is 248 g/mol. The van der Waals surface area contributed by atoms with Crippen molar-refractivity contribution in [2.45, 2.75) is 45.7 Å². The largest absolute Gasteiger partial charge is 0.340 e. The SMILES string of the molecule is CCCCC(N)C(=O)N(C)Cc1ccccc1C. The molecule has 0 spiro atoms. The Morgan fingerprint density at radius 1 is 1.39 bits per heavy atom. The summed E-state index contributed by atoms with van der Waals surface area (Å²) >= 11 is 0. The Balaban J connectivity index is 2.57. The maximum atomic E-state index is 12.1. The second-order valence-electron chi connectivity index (χ2n) is 4.87. The molecule has 2 N–H and O–H groups in total. The Morgan fingerprint density at radius 3 is 2.67 bits per heavy atom.